The number of methoxy groups -OCH3 is 1. The first-order valence-electron chi connectivity index (χ1n) is 10.8. The number of para-hydroxylation sites is 1. The molecule has 2 aromatic carbocycles. The molecule has 0 aliphatic carbocycles. The van der Waals surface area contributed by atoms with Gasteiger partial charge in [0.15, 0.2) is 11.5 Å². The van der Waals surface area contributed by atoms with Crippen LogP contribution in [-0.2, 0) is 11.3 Å². The molecule has 3 aromatic rings. The number of benzene rings is 2. The number of ether oxygens (including phenoxy) is 2. The number of hydrogen-bond acceptors (Lipinski definition) is 6. The summed E-state index contributed by atoms with van der Waals surface area (Å²) in [7, 11) is 1.50. The second-order valence-corrected chi connectivity index (χ2v) is 7.53. The minimum Gasteiger partial charge on any atom is -0.493 e. The number of aromatic nitrogens is 2. The number of carbonyl (C=O) groups is 2. The van der Waals surface area contributed by atoms with E-state index in [4.69, 9.17) is 9.47 Å². The second-order valence-electron chi connectivity index (χ2n) is 7.53. The van der Waals surface area contributed by atoms with Gasteiger partial charge in [0.25, 0.3) is 11.5 Å². The van der Waals surface area contributed by atoms with Crippen molar-refractivity contribution in [3.05, 3.63) is 64.2 Å². The SMILES string of the molecule is CCCCOc1ccc(C(=O)NNC(=O)CCn2cnc3c(C)cccc3c2=O)cc1OC. The minimum atomic E-state index is -0.498. The number of hydrogen-bond donors (Lipinski definition) is 2. The number of nitrogens with zero attached hydrogens (tertiary/aromatic N) is 2. The van der Waals surface area contributed by atoms with Crippen LogP contribution in [-0.4, -0.2) is 35.1 Å². The molecule has 0 saturated carbocycles. The Morgan fingerprint density at radius 1 is 1.12 bits per heavy atom. The Morgan fingerprint density at radius 3 is 2.70 bits per heavy atom. The van der Waals surface area contributed by atoms with E-state index >= 15 is 0 Å². The summed E-state index contributed by atoms with van der Waals surface area (Å²) in [5, 5.41) is 0.502. The molecule has 0 bridgehead atoms. The quantitative estimate of drug-likeness (QED) is 0.381. The number of amides is 2. The Hall–Kier alpha value is -3.88. The van der Waals surface area contributed by atoms with Crippen LogP contribution in [0.2, 0.25) is 0 Å². The first kappa shape index (κ1) is 23.8. The van der Waals surface area contributed by atoms with Crippen molar-refractivity contribution in [1.29, 1.82) is 0 Å². The highest BCUT2D eigenvalue weighted by Crippen LogP contribution is 2.28. The van der Waals surface area contributed by atoms with E-state index in [-0.39, 0.29) is 18.5 Å². The lowest BCUT2D eigenvalue weighted by Gasteiger charge is -2.12. The Labute approximate surface area is 191 Å². The highest BCUT2D eigenvalue weighted by atomic mass is 16.5. The summed E-state index contributed by atoms with van der Waals surface area (Å²) in [6.07, 6.45) is 3.35. The van der Waals surface area contributed by atoms with Crippen LogP contribution in [0, 0.1) is 6.92 Å². The average molecular weight is 453 g/mol. The maximum absolute atomic E-state index is 12.6. The standard InChI is InChI=1S/C24H28N4O5/c1-4-5-13-33-19-10-9-17(14-20(19)32-3)23(30)27-26-21(29)11-12-28-15-25-22-16(2)7-6-8-18(22)24(28)31/h6-10,14-15H,4-5,11-13H2,1-3H3,(H,26,29)(H,27,30). The fourth-order valence-corrected chi connectivity index (χ4v) is 3.23. The molecular weight excluding hydrogens is 424 g/mol. The number of hydrazine groups is 1. The normalized spacial score (nSPS) is 10.6. The van der Waals surface area contributed by atoms with Gasteiger partial charge in [-0.3, -0.25) is 29.8 Å². The van der Waals surface area contributed by atoms with E-state index in [2.05, 4.69) is 22.8 Å². The molecule has 1 heterocycles. The van der Waals surface area contributed by atoms with Gasteiger partial charge in [-0.1, -0.05) is 25.5 Å². The number of rotatable bonds is 9. The van der Waals surface area contributed by atoms with E-state index in [1.54, 1.807) is 30.3 Å². The van der Waals surface area contributed by atoms with Crippen molar-refractivity contribution in [2.75, 3.05) is 13.7 Å². The Kier molecular flexibility index (Phi) is 8.01. The predicted octanol–water partition coefficient (Wildman–Crippen LogP) is 2.74. The van der Waals surface area contributed by atoms with Gasteiger partial charge in [-0.2, -0.15) is 0 Å². The lowest BCUT2D eigenvalue weighted by Crippen LogP contribution is -2.42. The van der Waals surface area contributed by atoms with Gasteiger partial charge >= 0.3 is 0 Å². The van der Waals surface area contributed by atoms with E-state index in [1.165, 1.54) is 18.0 Å². The molecule has 9 nitrogen and oxygen atoms in total. The number of unbranched alkanes of at least 4 members (excludes halogenated alkanes) is 1. The van der Waals surface area contributed by atoms with E-state index < -0.39 is 11.8 Å². The summed E-state index contributed by atoms with van der Waals surface area (Å²) < 4.78 is 12.3. The lowest BCUT2D eigenvalue weighted by atomic mass is 10.1. The van der Waals surface area contributed by atoms with Crippen LogP contribution in [0.1, 0.15) is 42.1 Å². The fourth-order valence-electron chi connectivity index (χ4n) is 3.23. The number of aryl methyl sites for hydroxylation is 2. The van der Waals surface area contributed by atoms with E-state index in [0.717, 1.165) is 18.4 Å². The molecule has 0 fully saturated rings. The van der Waals surface area contributed by atoms with Crippen molar-refractivity contribution >= 4 is 22.7 Å². The third kappa shape index (κ3) is 5.88. The van der Waals surface area contributed by atoms with Crippen LogP contribution in [0.3, 0.4) is 0 Å². The molecule has 9 heteroatoms. The van der Waals surface area contributed by atoms with E-state index in [1.807, 2.05) is 13.0 Å². The first-order valence-corrected chi connectivity index (χ1v) is 10.8. The van der Waals surface area contributed by atoms with Crippen LogP contribution < -0.4 is 25.9 Å². The summed E-state index contributed by atoms with van der Waals surface area (Å²) in [5.74, 6) is 0.0486. The van der Waals surface area contributed by atoms with Gasteiger partial charge in [-0.15, -0.1) is 0 Å². The smallest absolute Gasteiger partial charge is 0.269 e. The maximum atomic E-state index is 12.6. The number of carbonyl (C=O) groups excluding carboxylic acids is 2. The third-order valence-electron chi connectivity index (χ3n) is 5.13. The Bertz CT molecular complexity index is 1210. The lowest BCUT2D eigenvalue weighted by molar-refractivity contribution is -0.122. The Balaban J connectivity index is 1.55. The van der Waals surface area contributed by atoms with Crippen LogP contribution in [0.5, 0.6) is 11.5 Å². The number of fused-ring (bicyclic) bond motifs is 1. The summed E-state index contributed by atoms with van der Waals surface area (Å²) >= 11 is 0. The molecule has 174 valence electrons. The topological polar surface area (TPSA) is 112 Å². The van der Waals surface area contributed by atoms with Gasteiger partial charge in [0.05, 0.1) is 30.9 Å². The van der Waals surface area contributed by atoms with Crippen LogP contribution in [0.15, 0.2) is 47.5 Å². The van der Waals surface area contributed by atoms with Crippen molar-refractivity contribution in [3.63, 3.8) is 0 Å². The van der Waals surface area contributed by atoms with Crippen LogP contribution >= 0.6 is 0 Å². The maximum Gasteiger partial charge on any atom is 0.269 e. The van der Waals surface area contributed by atoms with Crippen molar-refractivity contribution in [2.24, 2.45) is 0 Å². The van der Waals surface area contributed by atoms with Gasteiger partial charge < -0.3 is 9.47 Å². The molecule has 2 N–H and O–H groups in total. The third-order valence-corrected chi connectivity index (χ3v) is 5.13. The Morgan fingerprint density at radius 2 is 1.94 bits per heavy atom. The predicted molar refractivity (Wildman–Crippen MR) is 124 cm³/mol. The zero-order valence-electron chi connectivity index (χ0n) is 19.0. The van der Waals surface area contributed by atoms with Crippen molar-refractivity contribution in [2.45, 2.75) is 39.7 Å². The molecule has 0 aliphatic rings. The molecule has 0 unspecified atom stereocenters. The van der Waals surface area contributed by atoms with Crippen LogP contribution in [0.25, 0.3) is 10.9 Å². The van der Waals surface area contributed by atoms with Crippen molar-refractivity contribution in [3.8, 4) is 11.5 Å². The van der Waals surface area contributed by atoms with Gasteiger partial charge in [0.1, 0.15) is 0 Å². The van der Waals surface area contributed by atoms with E-state index in [9.17, 15) is 14.4 Å². The minimum absolute atomic E-state index is 0.00723. The fraction of sp³-hybridized carbons (Fsp3) is 0.333. The summed E-state index contributed by atoms with van der Waals surface area (Å²) in [5.41, 5.74) is 6.39. The summed E-state index contributed by atoms with van der Waals surface area (Å²) in [4.78, 5) is 41.5. The zero-order chi connectivity index (χ0) is 23.8. The van der Waals surface area contributed by atoms with E-state index in [0.29, 0.717) is 34.6 Å². The summed E-state index contributed by atoms with van der Waals surface area (Å²) in [6, 6.07) is 10.2. The van der Waals surface area contributed by atoms with Gasteiger partial charge in [0, 0.05) is 18.5 Å². The molecule has 0 atom stereocenters. The highest BCUT2D eigenvalue weighted by molar-refractivity contribution is 5.96. The molecular formula is C24H28N4O5. The summed E-state index contributed by atoms with van der Waals surface area (Å²) in [6.45, 7) is 4.65. The molecule has 0 aliphatic heterocycles. The van der Waals surface area contributed by atoms with Gasteiger partial charge in [-0.05, 0) is 43.2 Å². The average Bonchev–Trinajstić information content (AvgIpc) is 2.82. The molecule has 0 radical (unpaired) electrons. The van der Waals surface area contributed by atoms with Gasteiger partial charge in [0.2, 0.25) is 5.91 Å². The zero-order valence-corrected chi connectivity index (χ0v) is 19.0. The van der Waals surface area contributed by atoms with Crippen LogP contribution in [0.4, 0.5) is 0 Å². The highest BCUT2D eigenvalue weighted by Gasteiger charge is 2.13. The molecule has 0 saturated heterocycles. The molecule has 33 heavy (non-hydrogen) atoms. The van der Waals surface area contributed by atoms with Gasteiger partial charge in [-0.25, -0.2) is 4.98 Å². The monoisotopic (exact) mass is 452 g/mol. The van der Waals surface area contributed by atoms with Crippen molar-refractivity contribution in [1.82, 2.24) is 20.4 Å². The molecule has 0 spiro atoms. The molecule has 2 amide bonds. The molecule has 1 aromatic heterocycles. The first-order chi connectivity index (χ1) is 15.9. The molecule has 3 rings (SSSR count). The largest absolute Gasteiger partial charge is 0.493 e. The second kappa shape index (κ2) is 11.1. The number of nitrogens with one attached hydrogen (secondary N) is 2. The van der Waals surface area contributed by atoms with Crippen molar-refractivity contribution < 1.29 is 19.1 Å².